The van der Waals surface area contributed by atoms with Gasteiger partial charge >= 0.3 is 0 Å². The maximum absolute atomic E-state index is 12.1. The van der Waals surface area contributed by atoms with Gasteiger partial charge in [-0.05, 0) is 18.9 Å². The van der Waals surface area contributed by atoms with Crippen LogP contribution in [0.4, 0.5) is 0 Å². The normalized spacial score (nSPS) is 15.9. The smallest absolute Gasteiger partial charge is 0.237 e. The summed E-state index contributed by atoms with van der Waals surface area (Å²) in [6.07, 6.45) is 4.43. The predicted octanol–water partition coefficient (Wildman–Crippen LogP) is -0.203. The van der Waals surface area contributed by atoms with Crippen molar-refractivity contribution < 1.29 is 9.59 Å². The van der Waals surface area contributed by atoms with Gasteiger partial charge in [-0.25, -0.2) is 15.8 Å². The van der Waals surface area contributed by atoms with Crippen LogP contribution >= 0.6 is 11.8 Å². The largest absolute Gasteiger partial charge is 0.342 e. The number of hydrazine groups is 1. The van der Waals surface area contributed by atoms with Gasteiger partial charge in [0.2, 0.25) is 11.8 Å². The Hall–Kier alpha value is -1.67. The average Bonchev–Trinajstić information content (AvgIpc) is 2.53. The zero-order valence-electron chi connectivity index (χ0n) is 11.0. The molecule has 8 heteroatoms. The van der Waals surface area contributed by atoms with Crippen LogP contribution in [0, 0.1) is 5.92 Å². The van der Waals surface area contributed by atoms with E-state index < -0.39 is 0 Å². The van der Waals surface area contributed by atoms with Gasteiger partial charge in [0.15, 0.2) is 0 Å². The van der Waals surface area contributed by atoms with Crippen molar-refractivity contribution in [2.45, 2.75) is 17.9 Å². The summed E-state index contributed by atoms with van der Waals surface area (Å²) in [5, 5.41) is 0.783. The number of carbonyl (C=O) groups excluding carboxylic acids is 2. The Morgan fingerprint density at radius 1 is 1.45 bits per heavy atom. The van der Waals surface area contributed by atoms with Gasteiger partial charge in [0.1, 0.15) is 6.33 Å². The third kappa shape index (κ3) is 3.91. The molecule has 0 radical (unpaired) electrons. The maximum atomic E-state index is 12.1. The minimum Gasteiger partial charge on any atom is -0.342 e. The first-order valence-corrected chi connectivity index (χ1v) is 7.36. The number of piperidine rings is 1. The molecule has 1 aromatic heterocycles. The topological polar surface area (TPSA) is 101 Å². The molecule has 1 saturated heterocycles. The van der Waals surface area contributed by atoms with Gasteiger partial charge in [-0.3, -0.25) is 15.0 Å². The lowest BCUT2D eigenvalue weighted by molar-refractivity contribution is -0.133. The molecule has 0 aliphatic carbocycles. The van der Waals surface area contributed by atoms with E-state index in [9.17, 15) is 9.59 Å². The third-order valence-corrected chi connectivity index (χ3v) is 4.19. The highest BCUT2D eigenvalue weighted by atomic mass is 32.2. The van der Waals surface area contributed by atoms with Crippen LogP contribution in [0.5, 0.6) is 0 Å². The number of thioether (sulfide) groups is 1. The summed E-state index contributed by atoms with van der Waals surface area (Å²) in [6, 6.07) is 1.77. The van der Waals surface area contributed by atoms with Crippen molar-refractivity contribution in [1.82, 2.24) is 20.3 Å². The second kappa shape index (κ2) is 7.20. The van der Waals surface area contributed by atoms with Gasteiger partial charge in [-0.2, -0.15) is 0 Å². The molecule has 0 aromatic carbocycles. The van der Waals surface area contributed by atoms with Gasteiger partial charge in [-0.1, -0.05) is 11.8 Å². The quantitative estimate of drug-likeness (QED) is 0.262. The van der Waals surface area contributed by atoms with Crippen LogP contribution in [-0.2, 0) is 9.59 Å². The van der Waals surface area contributed by atoms with E-state index in [0.717, 1.165) is 5.03 Å². The maximum Gasteiger partial charge on any atom is 0.237 e. The summed E-state index contributed by atoms with van der Waals surface area (Å²) in [6.45, 7) is 1.20. The monoisotopic (exact) mass is 295 g/mol. The van der Waals surface area contributed by atoms with Crippen molar-refractivity contribution >= 4 is 23.6 Å². The van der Waals surface area contributed by atoms with Crippen LogP contribution in [0.3, 0.4) is 0 Å². The van der Waals surface area contributed by atoms with Gasteiger partial charge < -0.3 is 4.90 Å². The summed E-state index contributed by atoms with van der Waals surface area (Å²) in [7, 11) is 0. The molecule has 0 atom stereocenters. The Kier molecular flexibility index (Phi) is 5.31. The van der Waals surface area contributed by atoms with E-state index in [1.165, 1.54) is 18.1 Å². The first-order valence-electron chi connectivity index (χ1n) is 6.37. The molecule has 0 saturated carbocycles. The molecular formula is C12H17N5O2S. The Labute approximate surface area is 121 Å². The van der Waals surface area contributed by atoms with Gasteiger partial charge in [0.05, 0.1) is 10.8 Å². The molecule has 108 valence electrons. The first-order chi connectivity index (χ1) is 9.70. The molecule has 0 bridgehead atoms. The molecular weight excluding hydrogens is 278 g/mol. The number of rotatable bonds is 4. The molecule has 0 spiro atoms. The number of aromatic nitrogens is 2. The van der Waals surface area contributed by atoms with E-state index in [1.807, 2.05) is 0 Å². The molecule has 2 amide bonds. The SMILES string of the molecule is NNC(=O)C1CCN(C(=O)CSc2ccncn2)CC1. The minimum absolute atomic E-state index is 0.0696. The molecule has 7 nitrogen and oxygen atoms in total. The number of amides is 2. The van der Waals surface area contributed by atoms with Gasteiger partial charge in [0.25, 0.3) is 0 Å². The molecule has 2 rings (SSSR count). The van der Waals surface area contributed by atoms with Crippen molar-refractivity contribution in [3.8, 4) is 0 Å². The fourth-order valence-corrected chi connectivity index (χ4v) is 2.83. The van der Waals surface area contributed by atoms with Crippen LogP contribution in [0.2, 0.25) is 0 Å². The molecule has 1 fully saturated rings. The highest BCUT2D eigenvalue weighted by molar-refractivity contribution is 7.99. The van der Waals surface area contributed by atoms with Crippen LogP contribution in [0.15, 0.2) is 23.6 Å². The summed E-state index contributed by atoms with van der Waals surface area (Å²) in [4.78, 5) is 33.1. The number of nitrogens with two attached hydrogens (primary N) is 1. The first kappa shape index (κ1) is 14.7. The van der Waals surface area contributed by atoms with E-state index in [-0.39, 0.29) is 17.7 Å². The zero-order chi connectivity index (χ0) is 14.4. The van der Waals surface area contributed by atoms with Gasteiger partial charge in [-0.15, -0.1) is 0 Å². The van der Waals surface area contributed by atoms with Crippen molar-refractivity contribution in [3.05, 3.63) is 18.6 Å². The van der Waals surface area contributed by atoms with Crippen LogP contribution in [0.25, 0.3) is 0 Å². The lowest BCUT2D eigenvalue weighted by Gasteiger charge is -2.30. The van der Waals surface area contributed by atoms with E-state index >= 15 is 0 Å². The molecule has 1 aromatic rings. The number of hydrogen-bond donors (Lipinski definition) is 2. The summed E-state index contributed by atoms with van der Waals surface area (Å²) >= 11 is 1.39. The number of carbonyl (C=O) groups is 2. The van der Waals surface area contributed by atoms with Crippen molar-refractivity contribution in [2.75, 3.05) is 18.8 Å². The van der Waals surface area contributed by atoms with Gasteiger partial charge in [0, 0.05) is 25.2 Å². The number of hydrogen-bond acceptors (Lipinski definition) is 6. The molecule has 1 aliphatic heterocycles. The number of nitrogens with zero attached hydrogens (tertiary/aromatic N) is 3. The zero-order valence-corrected chi connectivity index (χ0v) is 11.8. The molecule has 2 heterocycles. The lowest BCUT2D eigenvalue weighted by Crippen LogP contribution is -2.45. The van der Waals surface area contributed by atoms with E-state index in [4.69, 9.17) is 5.84 Å². The third-order valence-electron chi connectivity index (χ3n) is 3.26. The van der Waals surface area contributed by atoms with Crippen molar-refractivity contribution in [1.29, 1.82) is 0 Å². The van der Waals surface area contributed by atoms with Crippen LogP contribution in [-0.4, -0.2) is 45.5 Å². The molecule has 20 heavy (non-hydrogen) atoms. The highest BCUT2D eigenvalue weighted by Gasteiger charge is 2.26. The summed E-state index contributed by atoms with van der Waals surface area (Å²) < 4.78 is 0. The molecule has 3 N–H and O–H groups in total. The van der Waals surface area contributed by atoms with E-state index in [0.29, 0.717) is 31.7 Å². The second-order valence-corrected chi connectivity index (χ2v) is 5.50. The molecule has 0 unspecified atom stereocenters. The summed E-state index contributed by atoms with van der Waals surface area (Å²) in [5.74, 6) is 5.31. The molecule has 1 aliphatic rings. The Bertz CT molecular complexity index is 462. The minimum atomic E-state index is -0.146. The van der Waals surface area contributed by atoms with E-state index in [1.54, 1.807) is 17.2 Å². The Balaban J connectivity index is 1.76. The van der Waals surface area contributed by atoms with Crippen LogP contribution in [0.1, 0.15) is 12.8 Å². The van der Waals surface area contributed by atoms with Crippen molar-refractivity contribution in [3.63, 3.8) is 0 Å². The Morgan fingerprint density at radius 3 is 2.80 bits per heavy atom. The predicted molar refractivity (Wildman–Crippen MR) is 74.4 cm³/mol. The second-order valence-electron chi connectivity index (χ2n) is 4.50. The fraction of sp³-hybridized carbons (Fsp3) is 0.500. The highest BCUT2D eigenvalue weighted by Crippen LogP contribution is 2.19. The standard InChI is InChI=1S/C12H17N5O2S/c13-16-12(19)9-2-5-17(6-3-9)11(18)7-20-10-1-4-14-8-15-10/h1,4,8-9H,2-3,5-7,13H2,(H,16,19). The van der Waals surface area contributed by atoms with E-state index in [2.05, 4.69) is 15.4 Å². The fourth-order valence-electron chi connectivity index (χ4n) is 2.10. The number of likely N-dealkylation sites (tertiary alicyclic amines) is 1. The number of nitrogens with one attached hydrogen (secondary N) is 1. The average molecular weight is 295 g/mol. The van der Waals surface area contributed by atoms with Crippen LogP contribution < -0.4 is 11.3 Å². The lowest BCUT2D eigenvalue weighted by atomic mass is 9.96. The van der Waals surface area contributed by atoms with Crippen molar-refractivity contribution in [2.24, 2.45) is 11.8 Å². The summed E-state index contributed by atoms with van der Waals surface area (Å²) in [5.41, 5.74) is 2.16. The Morgan fingerprint density at radius 2 is 2.20 bits per heavy atom.